The van der Waals surface area contributed by atoms with E-state index < -0.39 is 29.6 Å². The van der Waals surface area contributed by atoms with E-state index in [0.29, 0.717) is 53.7 Å². The summed E-state index contributed by atoms with van der Waals surface area (Å²) in [6.45, 7) is 1.82. The number of Topliss-reactive ketones (excluding diaryl/α,β-unsaturated/α-hetero) is 1. The van der Waals surface area contributed by atoms with Crippen LogP contribution in [0.3, 0.4) is 0 Å². The van der Waals surface area contributed by atoms with E-state index in [-0.39, 0.29) is 48.5 Å². The maximum absolute atomic E-state index is 13.7. The summed E-state index contributed by atoms with van der Waals surface area (Å²) in [5.41, 5.74) is 2.14. The molecule has 4 atom stereocenters. The van der Waals surface area contributed by atoms with Crippen LogP contribution in [0.25, 0.3) is 0 Å². The summed E-state index contributed by atoms with van der Waals surface area (Å²) >= 11 is 0. The number of ether oxygens (including phenoxy) is 1. The minimum atomic E-state index is -0.878. The number of fused-ring (bicyclic) bond motifs is 3. The fraction of sp³-hybridized carbons (Fsp3) is 0.433. The number of amides is 2. The van der Waals surface area contributed by atoms with Gasteiger partial charge in [0.15, 0.2) is 11.6 Å². The Bertz CT molecular complexity index is 1380. The second-order valence-corrected chi connectivity index (χ2v) is 10.7. The Labute approximate surface area is 225 Å². The zero-order chi connectivity index (χ0) is 28.0. The molecule has 2 amide bonds. The molecule has 1 heterocycles. The first-order valence-corrected chi connectivity index (χ1v) is 13.3. The maximum atomic E-state index is 13.7. The normalized spacial score (nSPS) is 26.2. The van der Waals surface area contributed by atoms with Crippen LogP contribution < -0.4 is 4.74 Å². The van der Waals surface area contributed by atoms with Crippen LogP contribution in [0.15, 0.2) is 52.6 Å². The van der Waals surface area contributed by atoms with Crippen molar-refractivity contribution >= 4 is 29.4 Å². The van der Waals surface area contributed by atoms with E-state index in [2.05, 4.69) is 0 Å². The number of phenolic OH excluding ortho intramolecular Hbond substituents is 1. The van der Waals surface area contributed by atoms with Gasteiger partial charge in [-0.3, -0.25) is 28.9 Å². The molecule has 0 spiro atoms. The predicted octanol–water partition coefficient (Wildman–Crippen LogP) is 3.48. The first-order chi connectivity index (χ1) is 18.6. The number of imide groups is 1. The Morgan fingerprint density at radius 3 is 2.56 bits per heavy atom. The van der Waals surface area contributed by atoms with Crippen LogP contribution >= 0.6 is 0 Å². The highest BCUT2D eigenvalue weighted by molar-refractivity contribution is 6.24. The number of carboxylic acids is 1. The number of phenols is 1. The van der Waals surface area contributed by atoms with Crippen LogP contribution in [-0.2, 0) is 24.0 Å². The van der Waals surface area contributed by atoms with E-state index in [9.17, 15) is 29.1 Å². The molecule has 39 heavy (non-hydrogen) atoms. The third-order valence-corrected chi connectivity index (χ3v) is 8.47. The highest BCUT2D eigenvalue weighted by atomic mass is 16.5. The average molecular weight is 534 g/mol. The number of allylic oxidation sites excluding steroid dienone is 6. The van der Waals surface area contributed by atoms with Crippen molar-refractivity contribution in [2.45, 2.75) is 51.4 Å². The van der Waals surface area contributed by atoms with E-state index in [4.69, 9.17) is 9.84 Å². The third-order valence-electron chi connectivity index (χ3n) is 8.47. The molecule has 0 bridgehead atoms. The predicted molar refractivity (Wildman–Crippen MR) is 139 cm³/mol. The van der Waals surface area contributed by atoms with Gasteiger partial charge in [-0.2, -0.15) is 0 Å². The van der Waals surface area contributed by atoms with Crippen molar-refractivity contribution in [2.75, 3.05) is 13.7 Å². The molecule has 1 aromatic carbocycles. The molecular weight excluding hydrogens is 502 g/mol. The van der Waals surface area contributed by atoms with Crippen molar-refractivity contribution in [3.05, 3.63) is 58.2 Å². The topological polar surface area (TPSA) is 138 Å². The van der Waals surface area contributed by atoms with Crippen molar-refractivity contribution in [2.24, 2.45) is 17.8 Å². The van der Waals surface area contributed by atoms with Gasteiger partial charge in [0.2, 0.25) is 11.8 Å². The van der Waals surface area contributed by atoms with Gasteiger partial charge in [-0.05, 0) is 62.8 Å². The summed E-state index contributed by atoms with van der Waals surface area (Å²) in [4.78, 5) is 65.7. The number of benzene rings is 1. The number of carbonyl (C=O) groups excluding carboxylic acids is 4. The lowest BCUT2D eigenvalue weighted by atomic mass is 9.59. The molecule has 1 fully saturated rings. The summed E-state index contributed by atoms with van der Waals surface area (Å²) in [6, 6.07) is 4.74. The number of rotatable bonds is 8. The molecule has 9 nitrogen and oxygen atoms in total. The van der Waals surface area contributed by atoms with Gasteiger partial charge >= 0.3 is 5.97 Å². The monoisotopic (exact) mass is 533 g/mol. The lowest BCUT2D eigenvalue weighted by molar-refractivity contribution is -0.141. The molecule has 3 aliphatic carbocycles. The number of aliphatic carboxylic acids is 1. The molecule has 0 radical (unpaired) electrons. The van der Waals surface area contributed by atoms with Crippen LogP contribution in [0.4, 0.5) is 0 Å². The van der Waals surface area contributed by atoms with Crippen molar-refractivity contribution in [1.82, 2.24) is 4.90 Å². The molecular formula is C30H31NO8. The molecule has 1 aliphatic heterocycles. The Kier molecular flexibility index (Phi) is 7.01. The van der Waals surface area contributed by atoms with E-state index >= 15 is 0 Å². The maximum Gasteiger partial charge on any atom is 0.303 e. The minimum absolute atomic E-state index is 0.0408. The minimum Gasteiger partial charge on any atom is -0.508 e. The van der Waals surface area contributed by atoms with Crippen LogP contribution in [0.1, 0.15) is 56.9 Å². The molecule has 204 valence electrons. The zero-order valence-corrected chi connectivity index (χ0v) is 21.9. The van der Waals surface area contributed by atoms with Crippen molar-refractivity contribution < 1.29 is 38.9 Å². The van der Waals surface area contributed by atoms with Gasteiger partial charge in [0.1, 0.15) is 11.5 Å². The number of likely N-dealkylation sites (tertiary alicyclic amines) is 1. The molecule has 0 saturated carbocycles. The number of carbonyl (C=O) groups is 5. The Morgan fingerprint density at radius 1 is 1.08 bits per heavy atom. The third kappa shape index (κ3) is 4.49. The fourth-order valence-electron chi connectivity index (χ4n) is 6.62. The van der Waals surface area contributed by atoms with E-state index in [1.807, 2.05) is 6.08 Å². The molecule has 2 N–H and O–H groups in total. The highest BCUT2D eigenvalue weighted by Crippen LogP contribution is 2.56. The van der Waals surface area contributed by atoms with Gasteiger partial charge in [-0.1, -0.05) is 18.1 Å². The lowest BCUT2D eigenvalue weighted by Crippen LogP contribution is -2.40. The summed E-state index contributed by atoms with van der Waals surface area (Å²) in [5, 5.41) is 19.7. The van der Waals surface area contributed by atoms with Crippen LogP contribution in [0.2, 0.25) is 0 Å². The van der Waals surface area contributed by atoms with E-state index in [1.165, 1.54) is 24.2 Å². The summed E-state index contributed by atoms with van der Waals surface area (Å²) < 4.78 is 5.38. The number of hydrogen-bond acceptors (Lipinski definition) is 7. The molecule has 4 aliphatic rings. The van der Waals surface area contributed by atoms with Gasteiger partial charge in [-0.15, -0.1) is 0 Å². The second kappa shape index (κ2) is 10.3. The largest absolute Gasteiger partial charge is 0.508 e. The summed E-state index contributed by atoms with van der Waals surface area (Å²) in [6.07, 6.45) is 5.33. The van der Waals surface area contributed by atoms with Gasteiger partial charge in [0.25, 0.3) is 0 Å². The van der Waals surface area contributed by atoms with Crippen LogP contribution in [0, 0.1) is 17.8 Å². The molecule has 5 rings (SSSR count). The Balaban J connectivity index is 1.52. The molecule has 0 unspecified atom stereocenters. The Hall–Kier alpha value is -4.01. The van der Waals surface area contributed by atoms with Crippen molar-refractivity contribution in [1.29, 1.82) is 0 Å². The first-order valence-electron chi connectivity index (χ1n) is 13.3. The molecule has 0 aromatic heterocycles. The molecule has 9 heteroatoms. The fourth-order valence-corrected chi connectivity index (χ4v) is 6.62. The number of unbranched alkanes of at least 4 members (excludes halogenated alkanes) is 2. The number of methoxy groups -OCH3 is 1. The average Bonchev–Trinajstić information content (AvgIpc) is 3.15. The number of nitrogens with zero attached hydrogens (tertiary/aromatic N) is 1. The first kappa shape index (κ1) is 26.6. The number of ketones is 2. The van der Waals surface area contributed by atoms with Crippen molar-refractivity contribution in [3.63, 3.8) is 0 Å². The van der Waals surface area contributed by atoms with Gasteiger partial charge in [-0.25, -0.2) is 0 Å². The molecule has 1 aromatic rings. The summed E-state index contributed by atoms with van der Waals surface area (Å²) in [5.74, 6) is -4.01. The molecule has 1 saturated heterocycles. The van der Waals surface area contributed by atoms with Crippen molar-refractivity contribution in [3.8, 4) is 11.5 Å². The number of carboxylic acid groups (broad SMARTS) is 1. The van der Waals surface area contributed by atoms with Gasteiger partial charge < -0.3 is 14.9 Å². The highest BCUT2D eigenvalue weighted by Gasteiger charge is 2.56. The number of aromatic hydroxyl groups is 1. The standard InChI is InChI=1S/C30H31NO8/c1-15-12-23(33)21-14-19-17(25(27(21)28(15)36)20-13-16(39-2)7-10-22(20)32)8-9-18-26(19)30(38)31(29(18)37)11-5-3-4-6-24(34)35/h7-8,10,12-13,18-19,25-26,32H,3-6,9,11,14H2,1-2H3,(H,34,35)/t18-,19+,25+,26-/m0/s1. The van der Waals surface area contributed by atoms with E-state index in [0.717, 1.165) is 5.57 Å². The van der Waals surface area contributed by atoms with Gasteiger partial charge in [0, 0.05) is 41.2 Å². The number of hydrogen-bond donors (Lipinski definition) is 2. The zero-order valence-electron chi connectivity index (χ0n) is 21.9. The smallest absolute Gasteiger partial charge is 0.303 e. The quantitative estimate of drug-likeness (QED) is 0.224. The SMILES string of the molecule is COc1ccc(O)c([C@H]2C3=CC[C@@H]4C(=O)N(CCCCCC(=O)O)C(=O)[C@@H]4[C@@H]3CC3=C2C(=O)C(C)=CC3=O)c1. The Morgan fingerprint density at radius 2 is 1.85 bits per heavy atom. The van der Waals surface area contributed by atoms with E-state index in [1.54, 1.807) is 19.1 Å². The second-order valence-electron chi connectivity index (χ2n) is 10.7. The van der Waals surface area contributed by atoms with Crippen LogP contribution in [0.5, 0.6) is 11.5 Å². The summed E-state index contributed by atoms with van der Waals surface area (Å²) in [7, 11) is 1.50. The van der Waals surface area contributed by atoms with Gasteiger partial charge in [0.05, 0.1) is 18.9 Å². The van der Waals surface area contributed by atoms with Crippen LogP contribution in [-0.4, -0.2) is 58.1 Å². The lowest BCUT2D eigenvalue weighted by Gasteiger charge is -2.42.